The largest absolute Gasteiger partial charge is 0.328 e. The number of hydrogen-bond acceptors (Lipinski definition) is 2. The van der Waals surface area contributed by atoms with Crippen molar-refractivity contribution in [1.82, 2.24) is 4.90 Å². The third kappa shape index (κ3) is 1.50. The fourth-order valence-electron chi connectivity index (χ4n) is 1.74. The predicted octanol–water partition coefficient (Wildman–Crippen LogP) is 0.816. The second-order valence-electron chi connectivity index (χ2n) is 3.59. The first-order valence-corrected chi connectivity index (χ1v) is 4.08. The Balaban J connectivity index is 2.49. The Bertz CT molecular complexity index is 102. The van der Waals surface area contributed by atoms with Crippen LogP contribution < -0.4 is 5.73 Å². The molecule has 10 heavy (non-hydrogen) atoms. The molecular weight excluding hydrogens is 124 g/mol. The van der Waals surface area contributed by atoms with Crippen molar-refractivity contribution >= 4 is 0 Å². The Morgan fingerprint density at radius 1 is 1.20 bits per heavy atom. The molecule has 1 saturated heterocycles. The van der Waals surface area contributed by atoms with Crippen LogP contribution in [-0.2, 0) is 0 Å². The van der Waals surface area contributed by atoms with Crippen molar-refractivity contribution in [3.8, 4) is 0 Å². The fraction of sp³-hybridized carbons (Fsp3) is 1.00. The normalized spacial score (nSPS) is 43.8. The number of nitrogens with two attached hydrogens (primary N) is 1. The van der Waals surface area contributed by atoms with Gasteiger partial charge in [0.05, 0.1) is 0 Å². The molecule has 2 nitrogen and oxygen atoms in total. The van der Waals surface area contributed by atoms with Crippen LogP contribution >= 0.6 is 0 Å². The van der Waals surface area contributed by atoms with E-state index < -0.39 is 0 Å². The molecular formula is C8H18N2. The van der Waals surface area contributed by atoms with E-state index in [1.54, 1.807) is 0 Å². The highest BCUT2D eigenvalue weighted by Gasteiger charge is 2.25. The summed E-state index contributed by atoms with van der Waals surface area (Å²) >= 11 is 0. The summed E-state index contributed by atoms with van der Waals surface area (Å²) in [5, 5.41) is 0. The molecule has 0 bridgehead atoms. The summed E-state index contributed by atoms with van der Waals surface area (Å²) in [5.41, 5.74) is 5.85. The van der Waals surface area contributed by atoms with Gasteiger partial charge in [0.15, 0.2) is 0 Å². The molecule has 0 aromatic rings. The van der Waals surface area contributed by atoms with Gasteiger partial charge in [0.1, 0.15) is 0 Å². The Hall–Kier alpha value is -0.0800. The maximum atomic E-state index is 5.85. The average molecular weight is 142 g/mol. The van der Waals surface area contributed by atoms with E-state index in [-0.39, 0.29) is 0 Å². The van der Waals surface area contributed by atoms with Crippen molar-refractivity contribution in [2.75, 3.05) is 7.05 Å². The van der Waals surface area contributed by atoms with Gasteiger partial charge in [-0.15, -0.1) is 0 Å². The Morgan fingerprint density at radius 3 is 2.00 bits per heavy atom. The topological polar surface area (TPSA) is 29.3 Å². The standard InChI is InChI=1S/C8H18N2/c1-6-4-8(9)5-7(2)10(6)3/h6-8H,4-5,9H2,1-3H3. The highest BCUT2D eigenvalue weighted by Crippen LogP contribution is 2.19. The lowest BCUT2D eigenvalue weighted by Crippen LogP contribution is -2.48. The molecule has 1 heterocycles. The lowest BCUT2D eigenvalue weighted by atomic mass is 9.94. The smallest absolute Gasteiger partial charge is 0.00814 e. The maximum absolute atomic E-state index is 5.85. The van der Waals surface area contributed by atoms with Gasteiger partial charge in [0.25, 0.3) is 0 Å². The lowest BCUT2D eigenvalue weighted by Gasteiger charge is -2.38. The monoisotopic (exact) mass is 142 g/mol. The molecule has 1 rings (SSSR count). The summed E-state index contributed by atoms with van der Waals surface area (Å²) in [6.45, 7) is 4.49. The van der Waals surface area contributed by atoms with E-state index in [9.17, 15) is 0 Å². The zero-order chi connectivity index (χ0) is 7.72. The third-order valence-corrected chi connectivity index (χ3v) is 2.68. The van der Waals surface area contributed by atoms with Crippen LogP contribution in [-0.4, -0.2) is 30.1 Å². The van der Waals surface area contributed by atoms with Crippen LogP contribution in [0, 0.1) is 0 Å². The summed E-state index contributed by atoms with van der Waals surface area (Å²) in [6.07, 6.45) is 2.31. The number of piperidine rings is 1. The number of hydrogen-bond donors (Lipinski definition) is 1. The first-order valence-electron chi connectivity index (χ1n) is 4.08. The molecule has 60 valence electrons. The van der Waals surface area contributed by atoms with E-state index in [4.69, 9.17) is 5.73 Å². The van der Waals surface area contributed by atoms with E-state index >= 15 is 0 Å². The summed E-state index contributed by atoms with van der Waals surface area (Å²) in [7, 11) is 2.18. The van der Waals surface area contributed by atoms with Crippen LogP contribution in [0.4, 0.5) is 0 Å². The third-order valence-electron chi connectivity index (χ3n) is 2.68. The van der Waals surface area contributed by atoms with Gasteiger partial charge in [-0.2, -0.15) is 0 Å². The molecule has 2 N–H and O–H groups in total. The van der Waals surface area contributed by atoms with Gasteiger partial charge in [-0.3, -0.25) is 0 Å². The van der Waals surface area contributed by atoms with Gasteiger partial charge in [0, 0.05) is 18.1 Å². The van der Waals surface area contributed by atoms with Crippen LogP contribution in [0.2, 0.25) is 0 Å². The molecule has 2 heteroatoms. The number of likely N-dealkylation sites (tertiary alicyclic amines) is 1. The summed E-state index contributed by atoms with van der Waals surface area (Å²) in [6, 6.07) is 1.76. The first-order chi connectivity index (χ1) is 4.61. The predicted molar refractivity (Wildman–Crippen MR) is 43.9 cm³/mol. The Kier molecular flexibility index (Phi) is 2.32. The molecule has 2 unspecified atom stereocenters. The second-order valence-corrected chi connectivity index (χ2v) is 3.59. The Morgan fingerprint density at radius 2 is 1.60 bits per heavy atom. The molecule has 0 aromatic carbocycles. The second kappa shape index (κ2) is 2.89. The first kappa shape index (κ1) is 8.02. The fourth-order valence-corrected chi connectivity index (χ4v) is 1.74. The molecule has 1 aliphatic rings. The zero-order valence-electron chi connectivity index (χ0n) is 7.17. The van der Waals surface area contributed by atoms with Gasteiger partial charge >= 0.3 is 0 Å². The van der Waals surface area contributed by atoms with Gasteiger partial charge in [-0.1, -0.05) is 0 Å². The Labute approximate surface area is 63.4 Å². The van der Waals surface area contributed by atoms with Crippen molar-refractivity contribution in [3.05, 3.63) is 0 Å². The van der Waals surface area contributed by atoms with Crippen molar-refractivity contribution in [2.24, 2.45) is 5.73 Å². The van der Waals surface area contributed by atoms with E-state index in [1.165, 1.54) is 0 Å². The quantitative estimate of drug-likeness (QED) is 0.542. The molecule has 0 saturated carbocycles. The van der Waals surface area contributed by atoms with Crippen LogP contribution in [0.3, 0.4) is 0 Å². The van der Waals surface area contributed by atoms with Crippen LogP contribution in [0.1, 0.15) is 26.7 Å². The average Bonchev–Trinajstić information content (AvgIpc) is 1.82. The number of rotatable bonds is 0. The molecule has 1 fully saturated rings. The van der Waals surface area contributed by atoms with Crippen molar-refractivity contribution < 1.29 is 0 Å². The van der Waals surface area contributed by atoms with Crippen LogP contribution in [0.15, 0.2) is 0 Å². The summed E-state index contributed by atoms with van der Waals surface area (Å²) in [5.74, 6) is 0. The van der Waals surface area contributed by atoms with Gasteiger partial charge in [0.2, 0.25) is 0 Å². The van der Waals surface area contributed by atoms with Gasteiger partial charge < -0.3 is 10.6 Å². The SMILES string of the molecule is CC1CC(N)CC(C)N1C. The highest BCUT2D eigenvalue weighted by molar-refractivity contribution is 4.83. The molecule has 0 amide bonds. The van der Waals surface area contributed by atoms with Crippen molar-refractivity contribution in [2.45, 2.75) is 44.8 Å². The van der Waals surface area contributed by atoms with Crippen LogP contribution in [0.5, 0.6) is 0 Å². The molecule has 0 radical (unpaired) electrons. The highest BCUT2D eigenvalue weighted by atomic mass is 15.2. The van der Waals surface area contributed by atoms with Gasteiger partial charge in [-0.05, 0) is 33.7 Å². The van der Waals surface area contributed by atoms with Gasteiger partial charge in [-0.25, -0.2) is 0 Å². The summed E-state index contributed by atoms with van der Waals surface area (Å²) in [4.78, 5) is 2.41. The van der Waals surface area contributed by atoms with E-state index in [1.807, 2.05) is 0 Å². The minimum absolute atomic E-state index is 0.432. The zero-order valence-corrected chi connectivity index (χ0v) is 7.17. The van der Waals surface area contributed by atoms with E-state index in [2.05, 4.69) is 25.8 Å². The van der Waals surface area contributed by atoms with Crippen molar-refractivity contribution in [1.29, 1.82) is 0 Å². The molecule has 1 aliphatic heterocycles. The minimum Gasteiger partial charge on any atom is -0.328 e. The molecule has 0 aromatic heterocycles. The molecule has 0 spiro atoms. The molecule has 0 aliphatic carbocycles. The number of nitrogens with zero attached hydrogens (tertiary/aromatic N) is 1. The maximum Gasteiger partial charge on any atom is 0.00814 e. The van der Waals surface area contributed by atoms with Crippen LogP contribution in [0.25, 0.3) is 0 Å². The van der Waals surface area contributed by atoms with Crippen molar-refractivity contribution in [3.63, 3.8) is 0 Å². The minimum atomic E-state index is 0.432. The lowest BCUT2D eigenvalue weighted by molar-refractivity contribution is 0.124. The summed E-state index contributed by atoms with van der Waals surface area (Å²) < 4.78 is 0. The van der Waals surface area contributed by atoms with E-state index in [0.29, 0.717) is 18.1 Å². The van der Waals surface area contributed by atoms with E-state index in [0.717, 1.165) is 12.8 Å². The molecule has 2 atom stereocenters.